The molecule has 0 aromatic heterocycles. The zero-order valence-electron chi connectivity index (χ0n) is 37.5. The Morgan fingerprint density at radius 3 is 1.63 bits per heavy atom. The van der Waals surface area contributed by atoms with E-state index in [4.69, 9.17) is 9.47 Å². The van der Waals surface area contributed by atoms with E-state index in [0.717, 1.165) is 57.8 Å². The van der Waals surface area contributed by atoms with Crippen LogP contribution in [0.5, 0.6) is 0 Å². The van der Waals surface area contributed by atoms with Gasteiger partial charge < -0.3 is 40.3 Å². The van der Waals surface area contributed by atoms with Crippen molar-refractivity contribution in [3.05, 3.63) is 60.8 Å². The molecule has 7 atom stereocenters. The number of carbonyl (C=O) groups excluding carboxylic acids is 1. The zero-order valence-corrected chi connectivity index (χ0v) is 37.5. The minimum absolute atomic E-state index is 0.215. The Kier molecular flexibility index (Phi) is 37.2. The molecule has 0 saturated carbocycles. The van der Waals surface area contributed by atoms with E-state index >= 15 is 0 Å². The van der Waals surface area contributed by atoms with Crippen molar-refractivity contribution < 1.29 is 39.8 Å². The topological polar surface area (TPSA) is 149 Å². The Morgan fingerprint density at radius 1 is 0.593 bits per heavy atom. The van der Waals surface area contributed by atoms with Crippen LogP contribution < -0.4 is 5.32 Å². The van der Waals surface area contributed by atoms with E-state index in [2.05, 4.69) is 67.8 Å². The molecule has 0 spiro atoms. The highest BCUT2D eigenvalue weighted by Crippen LogP contribution is 2.22. The first-order valence-corrected chi connectivity index (χ1v) is 24.0. The third-order valence-corrected chi connectivity index (χ3v) is 11.1. The van der Waals surface area contributed by atoms with Crippen LogP contribution in [0.4, 0.5) is 0 Å². The summed E-state index contributed by atoms with van der Waals surface area (Å²) in [7, 11) is 0. The second kappa shape index (κ2) is 40.0. The molecule has 6 N–H and O–H groups in total. The van der Waals surface area contributed by atoms with Crippen LogP contribution in [-0.2, 0) is 14.3 Å². The number of ether oxygens (including phenoxy) is 2. The van der Waals surface area contributed by atoms with Gasteiger partial charge in [-0.25, -0.2) is 0 Å². The van der Waals surface area contributed by atoms with Crippen molar-refractivity contribution in [1.29, 1.82) is 0 Å². The van der Waals surface area contributed by atoms with E-state index < -0.39 is 49.5 Å². The number of nitrogens with one attached hydrogen (secondary N) is 1. The van der Waals surface area contributed by atoms with Gasteiger partial charge in [-0.15, -0.1) is 0 Å². The van der Waals surface area contributed by atoms with Crippen LogP contribution in [0.1, 0.15) is 194 Å². The second-order valence-corrected chi connectivity index (χ2v) is 16.5. The number of aliphatic hydroxyl groups is 5. The summed E-state index contributed by atoms with van der Waals surface area (Å²) >= 11 is 0. The van der Waals surface area contributed by atoms with Crippen molar-refractivity contribution in [2.24, 2.45) is 0 Å². The molecular formula is C50H89NO8. The molecule has 0 aromatic carbocycles. The maximum atomic E-state index is 12.9. The molecule has 0 aliphatic carbocycles. The number of rotatable bonds is 39. The van der Waals surface area contributed by atoms with Crippen molar-refractivity contribution in [1.82, 2.24) is 5.32 Å². The van der Waals surface area contributed by atoms with Crippen LogP contribution in [0.2, 0.25) is 0 Å². The summed E-state index contributed by atoms with van der Waals surface area (Å²) in [6.45, 7) is 3.62. The number of carbonyl (C=O) groups is 1. The van der Waals surface area contributed by atoms with Crippen LogP contribution in [0, 0.1) is 0 Å². The van der Waals surface area contributed by atoms with Gasteiger partial charge >= 0.3 is 0 Å². The zero-order chi connectivity index (χ0) is 43.0. The van der Waals surface area contributed by atoms with Gasteiger partial charge in [-0.3, -0.25) is 4.79 Å². The molecule has 59 heavy (non-hydrogen) atoms. The summed E-state index contributed by atoms with van der Waals surface area (Å²) in [4.78, 5) is 12.9. The highest BCUT2D eigenvalue weighted by Gasteiger charge is 2.44. The number of amides is 1. The Bertz CT molecular complexity index is 1100. The van der Waals surface area contributed by atoms with Crippen LogP contribution in [-0.4, -0.2) is 87.5 Å². The smallest absolute Gasteiger partial charge is 0.220 e. The molecule has 1 rings (SSSR count). The van der Waals surface area contributed by atoms with Gasteiger partial charge in [0.15, 0.2) is 6.29 Å². The highest BCUT2D eigenvalue weighted by molar-refractivity contribution is 5.76. The molecular weight excluding hydrogens is 743 g/mol. The summed E-state index contributed by atoms with van der Waals surface area (Å²) < 4.78 is 11.2. The average molecular weight is 832 g/mol. The fourth-order valence-corrected chi connectivity index (χ4v) is 7.24. The Balaban J connectivity index is 2.34. The Hall–Kier alpha value is -2.11. The molecule has 342 valence electrons. The summed E-state index contributed by atoms with van der Waals surface area (Å²) in [6.07, 6.45) is 45.7. The number of aliphatic hydroxyl groups excluding tert-OH is 5. The number of unbranched alkanes of at least 4 members (excludes halogenated alkanes) is 21. The summed E-state index contributed by atoms with van der Waals surface area (Å²) in [6, 6.07) is -0.838. The molecule has 7 unspecified atom stereocenters. The monoisotopic (exact) mass is 832 g/mol. The molecule has 1 aliphatic heterocycles. The van der Waals surface area contributed by atoms with E-state index in [9.17, 15) is 30.3 Å². The minimum atomic E-state index is -1.58. The van der Waals surface area contributed by atoms with Gasteiger partial charge in [0, 0.05) is 6.42 Å². The largest absolute Gasteiger partial charge is 0.394 e. The lowest BCUT2D eigenvalue weighted by molar-refractivity contribution is -0.302. The highest BCUT2D eigenvalue weighted by atomic mass is 16.7. The van der Waals surface area contributed by atoms with Crippen molar-refractivity contribution in [3.8, 4) is 0 Å². The van der Waals surface area contributed by atoms with E-state index in [-0.39, 0.29) is 12.5 Å². The third kappa shape index (κ3) is 30.6. The van der Waals surface area contributed by atoms with Crippen molar-refractivity contribution >= 4 is 5.91 Å². The normalized spacial score (nSPS) is 21.2. The number of hydrogen-bond donors (Lipinski definition) is 6. The maximum Gasteiger partial charge on any atom is 0.220 e. The van der Waals surface area contributed by atoms with Gasteiger partial charge in [0.2, 0.25) is 5.91 Å². The molecule has 0 radical (unpaired) electrons. The minimum Gasteiger partial charge on any atom is -0.394 e. The fraction of sp³-hybridized carbons (Fsp3) is 0.780. The van der Waals surface area contributed by atoms with Gasteiger partial charge in [-0.1, -0.05) is 184 Å². The van der Waals surface area contributed by atoms with Gasteiger partial charge in [0.05, 0.1) is 25.4 Å². The third-order valence-electron chi connectivity index (χ3n) is 11.1. The van der Waals surface area contributed by atoms with E-state index in [1.807, 2.05) is 6.08 Å². The predicted octanol–water partition coefficient (Wildman–Crippen LogP) is 10.4. The Labute approximate surface area is 360 Å². The quantitative estimate of drug-likeness (QED) is 0.0265. The molecule has 9 nitrogen and oxygen atoms in total. The van der Waals surface area contributed by atoms with Crippen LogP contribution in [0.25, 0.3) is 0 Å². The van der Waals surface area contributed by atoms with Crippen molar-refractivity contribution in [2.45, 2.75) is 236 Å². The van der Waals surface area contributed by atoms with Crippen LogP contribution in [0.15, 0.2) is 60.8 Å². The maximum absolute atomic E-state index is 12.9. The van der Waals surface area contributed by atoms with Crippen molar-refractivity contribution in [2.75, 3.05) is 13.2 Å². The standard InChI is InChI=1S/C50H89NO8/c1-3-5-7-9-11-13-15-17-18-19-20-21-22-23-24-25-26-28-29-31-33-35-37-39-44(53)43(42-58-50-49(57)48(56)47(55)45(41-52)59-50)51-46(54)40-38-36-34-32-30-27-16-14-12-10-8-6-4-2/h6,8,12,14,27,29-31,37,39,43-45,47-50,52-53,55-57H,3-5,7,9-11,13,15-26,28,32-36,38,40-42H2,1-2H3,(H,51,54)/b8-6-,14-12-,30-27-,31-29+,39-37+. The molecule has 1 amide bonds. The van der Waals surface area contributed by atoms with E-state index in [1.165, 1.54) is 109 Å². The average Bonchev–Trinajstić information content (AvgIpc) is 3.23. The lowest BCUT2D eigenvalue weighted by Crippen LogP contribution is -2.60. The van der Waals surface area contributed by atoms with Crippen LogP contribution in [0.3, 0.4) is 0 Å². The van der Waals surface area contributed by atoms with E-state index in [0.29, 0.717) is 12.8 Å². The van der Waals surface area contributed by atoms with E-state index in [1.54, 1.807) is 6.08 Å². The molecule has 1 heterocycles. The number of hydrogen-bond acceptors (Lipinski definition) is 8. The SMILES string of the molecule is CC/C=C\C/C=C\C/C=C\CCCCCC(=O)NC(COC1OC(CO)C(O)C(O)C1O)C(O)/C=C/CC/C=C/CCCCCCCCCCCCCCCCCCC. The van der Waals surface area contributed by atoms with Gasteiger partial charge in [-0.2, -0.15) is 0 Å². The second-order valence-electron chi connectivity index (χ2n) is 16.5. The predicted molar refractivity (Wildman–Crippen MR) is 244 cm³/mol. The fourth-order valence-electron chi connectivity index (χ4n) is 7.24. The molecule has 1 saturated heterocycles. The molecule has 1 fully saturated rings. The summed E-state index contributed by atoms with van der Waals surface area (Å²) in [5, 5.41) is 54.2. The lowest BCUT2D eigenvalue weighted by Gasteiger charge is -2.40. The summed E-state index contributed by atoms with van der Waals surface area (Å²) in [5.74, 6) is -0.218. The first-order valence-electron chi connectivity index (χ1n) is 24.0. The van der Waals surface area contributed by atoms with Crippen molar-refractivity contribution in [3.63, 3.8) is 0 Å². The first kappa shape index (κ1) is 54.9. The Morgan fingerprint density at radius 2 is 1.07 bits per heavy atom. The molecule has 0 aromatic rings. The van der Waals surface area contributed by atoms with Crippen LogP contribution >= 0.6 is 0 Å². The molecule has 0 bridgehead atoms. The van der Waals surface area contributed by atoms with Gasteiger partial charge in [0.25, 0.3) is 0 Å². The first-order chi connectivity index (χ1) is 28.8. The van der Waals surface area contributed by atoms with Gasteiger partial charge in [0.1, 0.15) is 24.4 Å². The lowest BCUT2D eigenvalue weighted by atomic mass is 9.99. The molecule has 1 aliphatic rings. The summed E-state index contributed by atoms with van der Waals surface area (Å²) in [5.41, 5.74) is 0. The number of allylic oxidation sites excluding steroid dienone is 9. The molecule has 9 heteroatoms. The van der Waals surface area contributed by atoms with Gasteiger partial charge in [-0.05, 0) is 64.2 Å².